The molecule has 11 heteroatoms. The van der Waals surface area contributed by atoms with Crippen LogP contribution < -0.4 is 20.7 Å². The third kappa shape index (κ3) is 5.39. The first-order valence-corrected chi connectivity index (χ1v) is 13.4. The molecule has 2 amide bonds. The number of hydrogen-bond donors (Lipinski definition) is 4. The summed E-state index contributed by atoms with van der Waals surface area (Å²) < 4.78 is 5.20. The van der Waals surface area contributed by atoms with E-state index in [1.165, 1.54) is 18.9 Å². The molecule has 1 saturated carbocycles. The second-order valence-corrected chi connectivity index (χ2v) is 10.4. The Hall–Kier alpha value is -3.28. The number of aryl methyl sites for hydroxylation is 1. The molecule has 5 rings (SSSR count). The number of anilines is 2. The van der Waals surface area contributed by atoms with Crippen molar-refractivity contribution in [1.82, 2.24) is 20.3 Å². The first-order valence-electron chi connectivity index (χ1n) is 12.4. The minimum atomic E-state index is -1.47. The maximum Gasteiger partial charge on any atom is 0.256 e. The van der Waals surface area contributed by atoms with Crippen molar-refractivity contribution < 1.29 is 19.4 Å². The van der Waals surface area contributed by atoms with Gasteiger partial charge in [-0.05, 0) is 55.9 Å². The van der Waals surface area contributed by atoms with Crippen LogP contribution in [-0.4, -0.2) is 56.4 Å². The Bertz CT molecular complexity index is 1340. The average molecular weight is 523 g/mol. The maximum atomic E-state index is 13.1. The number of methoxy groups -OCH3 is 1. The van der Waals surface area contributed by atoms with E-state index in [-0.39, 0.29) is 11.9 Å². The molecule has 0 bridgehead atoms. The number of amides is 2. The molecule has 0 saturated heterocycles. The third-order valence-electron chi connectivity index (χ3n) is 6.96. The Morgan fingerprint density at radius 2 is 2.08 bits per heavy atom. The van der Waals surface area contributed by atoms with Gasteiger partial charge in [-0.1, -0.05) is 6.92 Å². The van der Waals surface area contributed by atoms with Gasteiger partial charge in [0.25, 0.3) is 5.91 Å². The number of hydrogen-bond acceptors (Lipinski definition) is 9. The van der Waals surface area contributed by atoms with Crippen LogP contribution in [-0.2, 0) is 22.6 Å². The van der Waals surface area contributed by atoms with Gasteiger partial charge in [0, 0.05) is 24.8 Å². The number of nitrogens with one attached hydrogen (secondary N) is 3. The van der Waals surface area contributed by atoms with Gasteiger partial charge in [0.1, 0.15) is 16.9 Å². The molecule has 4 N–H and O–H groups in total. The molecular formula is C26H30N6O4S. The van der Waals surface area contributed by atoms with E-state index in [4.69, 9.17) is 9.72 Å². The summed E-state index contributed by atoms with van der Waals surface area (Å²) in [5, 5.41) is 20.4. The van der Waals surface area contributed by atoms with E-state index in [9.17, 15) is 14.7 Å². The van der Waals surface area contributed by atoms with Gasteiger partial charge in [-0.3, -0.25) is 14.6 Å². The van der Waals surface area contributed by atoms with Crippen molar-refractivity contribution in [1.29, 1.82) is 0 Å². The zero-order chi connectivity index (χ0) is 26.0. The molecular weight excluding hydrogens is 492 g/mol. The van der Waals surface area contributed by atoms with Crippen LogP contribution in [0.15, 0.2) is 35.4 Å². The lowest BCUT2D eigenvalue weighted by Gasteiger charge is -2.35. The summed E-state index contributed by atoms with van der Waals surface area (Å²) in [7, 11) is 1.53. The number of carbonyl (C=O) groups is 2. The highest BCUT2D eigenvalue weighted by Gasteiger charge is 2.40. The molecule has 0 spiro atoms. The smallest absolute Gasteiger partial charge is 0.256 e. The van der Waals surface area contributed by atoms with Crippen molar-refractivity contribution >= 4 is 46.1 Å². The molecule has 1 aliphatic carbocycles. The number of carbonyl (C=O) groups excluding carboxylic acids is 2. The molecule has 1 aliphatic heterocycles. The Balaban J connectivity index is 1.21. The van der Waals surface area contributed by atoms with Gasteiger partial charge < -0.3 is 25.8 Å². The summed E-state index contributed by atoms with van der Waals surface area (Å²) in [4.78, 5) is 39.3. The Morgan fingerprint density at radius 3 is 2.84 bits per heavy atom. The standard InChI is InChI=1S/C26H30N6O4S/c1-3-15-12-20-24(31-21(33)14-37-20)29-19(15)13-28-16-6-9-26(35,10-7-16)25(34)30-18-8-11-27-17-4-5-22(36-2)32-23(17)18/h4-5,8,11-12,16,28,35H,3,6-7,9-10,13-14H2,1-2H3,(H,27,30,34)(H,29,31,33). The lowest BCUT2D eigenvalue weighted by molar-refractivity contribution is -0.137. The summed E-state index contributed by atoms with van der Waals surface area (Å²) >= 11 is 1.51. The Labute approximate surface area is 219 Å². The number of rotatable bonds is 7. The van der Waals surface area contributed by atoms with Crippen molar-refractivity contribution in [3.05, 3.63) is 41.7 Å². The van der Waals surface area contributed by atoms with Gasteiger partial charge in [-0.15, -0.1) is 11.8 Å². The van der Waals surface area contributed by atoms with Gasteiger partial charge in [-0.2, -0.15) is 0 Å². The molecule has 3 aromatic heterocycles. The molecule has 10 nitrogen and oxygen atoms in total. The minimum Gasteiger partial charge on any atom is -0.481 e. The minimum absolute atomic E-state index is 0.0346. The van der Waals surface area contributed by atoms with E-state index in [1.807, 2.05) is 0 Å². The third-order valence-corrected chi connectivity index (χ3v) is 7.99. The van der Waals surface area contributed by atoms with Gasteiger partial charge in [-0.25, -0.2) is 9.97 Å². The summed E-state index contributed by atoms with van der Waals surface area (Å²) in [5.41, 5.74) is 2.21. The van der Waals surface area contributed by atoms with Crippen LogP contribution in [0.4, 0.5) is 11.5 Å². The number of thioether (sulfide) groups is 1. The monoisotopic (exact) mass is 522 g/mol. The molecule has 4 heterocycles. The van der Waals surface area contributed by atoms with E-state index in [0.29, 0.717) is 66.4 Å². The highest BCUT2D eigenvalue weighted by Crippen LogP contribution is 2.33. The topological polar surface area (TPSA) is 138 Å². The fourth-order valence-corrected chi connectivity index (χ4v) is 5.59. The molecule has 0 unspecified atom stereocenters. The van der Waals surface area contributed by atoms with Gasteiger partial charge in [0.15, 0.2) is 0 Å². The Kier molecular flexibility index (Phi) is 7.27. The molecule has 1 fully saturated rings. The molecule has 3 aromatic rings. The zero-order valence-electron chi connectivity index (χ0n) is 20.8. The molecule has 37 heavy (non-hydrogen) atoms. The quantitative estimate of drug-likeness (QED) is 0.369. The van der Waals surface area contributed by atoms with E-state index in [1.54, 1.807) is 24.4 Å². The zero-order valence-corrected chi connectivity index (χ0v) is 21.7. The van der Waals surface area contributed by atoms with Gasteiger partial charge in [0.05, 0.1) is 34.7 Å². The van der Waals surface area contributed by atoms with E-state index in [2.05, 4.69) is 38.9 Å². The molecule has 0 aromatic carbocycles. The largest absolute Gasteiger partial charge is 0.481 e. The van der Waals surface area contributed by atoms with Gasteiger partial charge >= 0.3 is 0 Å². The second kappa shape index (κ2) is 10.6. The van der Waals surface area contributed by atoms with Crippen LogP contribution in [0.1, 0.15) is 43.9 Å². The number of ether oxygens (including phenoxy) is 1. The fraction of sp³-hybridized carbons (Fsp3) is 0.423. The van der Waals surface area contributed by atoms with E-state index < -0.39 is 11.5 Å². The lowest BCUT2D eigenvalue weighted by atomic mass is 9.81. The fourth-order valence-electron chi connectivity index (χ4n) is 4.77. The highest BCUT2D eigenvalue weighted by atomic mass is 32.2. The Morgan fingerprint density at radius 1 is 1.27 bits per heavy atom. The van der Waals surface area contributed by atoms with Crippen molar-refractivity contribution in [3.63, 3.8) is 0 Å². The van der Waals surface area contributed by atoms with Crippen LogP contribution in [0, 0.1) is 0 Å². The van der Waals surface area contributed by atoms with Crippen molar-refractivity contribution in [2.24, 2.45) is 0 Å². The highest BCUT2D eigenvalue weighted by molar-refractivity contribution is 8.00. The van der Waals surface area contributed by atoms with Crippen LogP contribution >= 0.6 is 11.8 Å². The van der Waals surface area contributed by atoms with Crippen LogP contribution in [0.2, 0.25) is 0 Å². The predicted molar refractivity (Wildman–Crippen MR) is 142 cm³/mol. The van der Waals surface area contributed by atoms with E-state index in [0.717, 1.165) is 22.6 Å². The summed E-state index contributed by atoms with van der Waals surface area (Å²) in [6.07, 6.45) is 4.40. The lowest BCUT2D eigenvalue weighted by Crippen LogP contribution is -2.48. The summed E-state index contributed by atoms with van der Waals surface area (Å²) in [5.74, 6) is 0.979. The number of aliphatic hydroxyl groups is 1. The molecule has 0 radical (unpaired) electrons. The second-order valence-electron chi connectivity index (χ2n) is 9.35. The SMILES string of the molecule is CCc1cc2c(nc1CNC1CCC(O)(C(=O)Nc3ccnc4ccc(OC)nc34)CC1)NC(=O)CS2. The summed E-state index contributed by atoms with van der Waals surface area (Å²) in [6.45, 7) is 2.65. The van der Waals surface area contributed by atoms with Crippen LogP contribution in [0.5, 0.6) is 5.88 Å². The number of fused-ring (bicyclic) bond motifs is 2. The van der Waals surface area contributed by atoms with Crippen molar-refractivity contribution in [3.8, 4) is 5.88 Å². The van der Waals surface area contributed by atoms with Crippen molar-refractivity contribution in [2.45, 2.75) is 62.1 Å². The first kappa shape index (κ1) is 25.4. The average Bonchev–Trinajstić information content (AvgIpc) is 2.92. The molecule has 0 atom stereocenters. The predicted octanol–water partition coefficient (Wildman–Crippen LogP) is 3.04. The maximum absolute atomic E-state index is 13.1. The molecule has 194 valence electrons. The van der Waals surface area contributed by atoms with Crippen LogP contribution in [0.3, 0.4) is 0 Å². The van der Waals surface area contributed by atoms with Gasteiger partial charge in [0.2, 0.25) is 11.8 Å². The van der Waals surface area contributed by atoms with Crippen LogP contribution in [0.25, 0.3) is 11.0 Å². The van der Waals surface area contributed by atoms with Crippen molar-refractivity contribution in [2.75, 3.05) is 23.5 Å². The normalized spacial score (nSPS) is 21.3. The molecule has 2 aliphatic rings. The number of aromatic nitrogens is 3. The summed E-state index contributed by atoms with van der Waals surface area (Å²) in [6, 6.07) is 7.41. The van der Waals surface area contributed by atoms with E-state index >= 15 is 0 Å². The number of nitrogens with zero attached hydrogens (tertiary/aromatic N) is 3. The number of pyridine rings is 3. The first-order chi connectivity index (χ1) is 17.9.